The largest absolute Gasteiger partial charge is 0.486 e. The lowest BCUT2D eigenvalue weighted by Gasteiger charge is -2.34. The van der Waals surface area contributed by atoms with Gasteiger partial charge in [0.25, 0.3) is 0 Å². The van der Waals surface area contributed by atoms with E-state index in [9.17, 15) is 4.39 Å². The molecule has 2 aromatic heterocycles. The predicted octanol–water partition coefficient (Wildman–Crippen LogP) is 5.39. The summed E-state index contributed by atoms with van der Waals surface area (Å²) in [5.41, 5.74) is 3.94. The van der Waals surface area contributed by atoms with E-state index < -0.39 is 11.6 Å². The summed E-state index contributed by atoms with van der Waals surface area (Å²) in [4.78, 5) is 23.3. The van der Waals surface area contributed by atoms with Crippen molar-refractivity contribution in [1.82, 2.24) is 29.7 Å². The fourth-order valence-electron chi connectivity index (χ4n) is 5.88. The van der Waals surface area contributed by atoms with Gasteiger partial charge in [-0.15, -0.1) is 0 Å². The third-order valence-electron chi connectivity index (χ3n) is 8.21. The quantitative estimate of drug-likeness (QED) is 0.289. The Hall–Kier alpha value is -3.83. The molecule has 2 N–H and O–H groups in total. The number of hydrogen-bond acceptors (Lipinski definition) is 8. The van der Waals surface area contributed by atoms with Crippen molar-refractivity contribution >= 4 is 28.6 Å². The van der Waals surface area contributed by atoms with E-state index in [0.29, 0.717) is 36.3 Å². The van der Waals surface area contributed by atoms with Gasteiger partial charge in [0.15, 0.2) is 17.4 Å². The second-order valence-corrected chi connectivity index (χ2v) is 11.7. The molecule has 0 saturated carbocycles. The Labute approximate surface area is 244 Å². The minimum Gasteiger partial charge on any atom is -0.486 e. The molecule has 2 aromatic carbocycles. The molecule has 0 amide bonds. The fourth-order valence-corrected chi connectivity index (χ4v) is 5.88. The summed E-state index contributed by atoms with van der Waals surface area (Å²) < 4.78 is 35.6. The lowest BCUT2D eigenvalue weighted by atomic mass is 9.89. The molecule has 0 spiro atoms. The molecular formula is C31H38F2N8O. The zero-order valence-corrected chi connectivity index (χ0v) is 24.6. The first-order valence-electron chi connectivity index (χ1n) is 14.6. The third-order valence-corrected chi connectivity index (χ3v) is 8.21. The molecule has 0 unspecified atom stereocenters. The molecule has 2 aliphatic heterocycles. The van der Waals surface area contributed by atoms with Crippen molar-refractivity contribution in [2.75, 3.05) is 63.6 Å². The highest BCUT2D eigenvalue weighted by Crippen LogP contribution is 2.39. The SMILES string of the molecule is CC(C)N1CCOc2c(F)cc(-c3nc(Nc4nc5ccc(C6CCN(CCN(C)C)CC6)cc5[nH]4)ncc3F)cc21. The number of benzene rings is 2. The van der Waals surface area contributed by atoms with Gasteiger partial charge in [-0.1, -0.05) is 6.07 Å². The van der Waals surface area contributed by atoms with Crippen molar-refractivity contribution in [3.05, 3.63) is 53.7 Å². The number of aromatic nitrogens is 4. The number of ether oxygens (including phenoxy) is 1. The number of fused-ring (bicyclic) bond motifs is 2. The zero-order valence-electron chi connectivity index (χ0n) is 24.6. The predicted molar refractivity (Wildman–Crippen MR) is 162 cm³/mol. The topological polar surface area (TPSA) is 85.4 Å². The van der Waals surface area contributed by atoms with Gasteiger partial charge < -0.3 is 24.4 Å². The first kappa shape index (κ1) is 28.3. The Morgan fingerprint density at radius 2 is 1.88 bits per heavy atom. The highest BCUT2D eigenvalue weighted by atomic mass is 19.1. The van der Waals surface area contributed by atoms with Crippen LogP contribution in [0.25, 0.3) is 22.3 Å². The lowest BCUT2D eigenvalue weighted by Crippen LogP contribution is -2.38. The average Bonchev–Trinajstić information content (AvgIpc) is 3.38. The Morgan fingerprint density at radius 1 is 1.07 bits per heavy atom. The van der Waals surface area contributed by atoms with Gasteiger partial charge in [0, 0.05) is 24.7 Å². The van der Waals surface area contributed by atoms with Crippen molar-refractivity contribution < 1.29 is 13.5 Å². The van der Waals surface area contributed by atoms with Crippen LogP contribution in [-0.2, 0) is 0 Å². The molecule has 42 heavy (non-hydrogen) atoms. The Kier molecular flexibility index (Phi) is 7.96. The number of rotatable bonds is 8. The van der Waals surface area contributed by atoms with Crippen molar-refractivity contribution in [3.8, 4) is 17.0 Å². The zero-order chi connectivity index (χ0) is 29.4. The maximum atomic E-state index is 15.0. The van der Waals surface area contributed by atoms with E-state index in [-0.39, 0.29) is 23.4 Å². The molecule has 0 radical (unpaired) electrons. The molecule has 1 fully saturated rings. The number of aromatic amines is 1. The minimum absolute atomic E-state index is 0.00111. The van der Waals surface area contributed by atoms with Crippen molar-refractivity contribution in [3.63, 3.8) is 0 Å². The molecule has 6 rings (SSSR count). The minimum atomic E-state index is -0.644. The van der Waals surface area contributed by atoms with Gasteiger partial charge in [-0.25, -0.2) is 23.7 Å². The second kappa shape index (κ2) is 11.8. The molecule has 4 heterocycles. The molecule has 0 bridgehead atoms. The van der Waals surface area contributed by atoms with Crippen molar-refractivity contribution in [2.45, 2.75) is 38.6 Å². The lowest BCUT2D eigenvalue weighted by molar-refractivity contribution is 0.194. The van der Waals surface area contributed by atoms with Crippen LogP contribution in [0.15, 0.2) is 36.5 Å². The van der Waals surface area contributed by atoms with Gasteiger partial charge in [0.2, 0.25) is 11.9 Å². The highest BCUT2D eigenvalue weighted by Gasteiger charge is 2.26. The molecule has 222 valence electrons. The van der Waals surface area contributed by atoms with Crippen LogP contribution in [0.2, 0.25) is 0 Å². The number of hydrogen-bond donors (Lipinski definition) is 2. The second-order valence-electron chi connectivity index (χ2n) is 11.7. The molecule has 1 saturated heterocycles. The number of likely N-dealkylation sites (tertiary alicyclic amines) is 1. The smallest absolute Gasteiger partial charge is 0.230 e. The standard InChI is InChI=1S/C31H38F2N8O/c1-19(2)41-13-14-42-29-23(32)15-22(17-27(29)41)28-24(33)18-34-30(37-28)38-31-35-25-6-5-21(16-26(25)36-31)20-7-9-40(10-8-20)12-11-39(3)4/h5-6,15-20H,7-14H2,1-4H3,(H2,34,35,36,37,38). The van der Waals surface area contributed by atoms with Gasteiger partial charge >= 0.3 is 0 Å². The maximum absolute atomic E-state index is 15.0. The Bertz CT molecular complexity index is 1560. The monoisotopic (exact) mass is 576 g/mol. The van der Waals surface area contributed by atoms with Crippen LogP contribution in [0, 0.1) is 11.6 Å². The fraction of sp³-hybridized carbons (Fsp3) is 0.452. The van der Waals surface area contributed by atoms with Gasteiger partial charge in [-0.05, 0) is 89.6 Å². The first-order valence-corrected chi connectivity index (χ1v) is 14.6. The molecule has 4 aromatic rings. The molecule has 9 nitrogen and oxygen atoms in total. The van der Waals surface area contributed by atoms with Crippen LogP contribution in [0.3, 0.4) is 0 Å². The van der Waals surface area contributed by atoms with Crippen LogP contribution in [0.1, 0.15) is 38.2 Å². The van der Waals surface area contributed by atoms with Crippen LogP contribution in [0.5, 0.6) is 5.75 Å². The normalized spacial score (nSPS) is 16.3. The van der Waals surface area contributed by atoms with E-state index in [2.05, 4.69) is 61.3 Å². The number of anilines is 3. The van der Waals surface area contributed by atoms with Gasteiger partial charge in [-0.3, -0.25) is 5.32 Å². The summed E-state index contributed by atoms with van der Waals surface area (Å²) in [6, 6.07) is 9.47. The average molecular weight is 577 g/mol. The van der Waals surface area contributed by atoms with E-state index in [0.717, 1.165) is 56.3 Å². The summed E-state index contributed by atoms with van der Waals surface area (Å²) in [6.07, 6.45) is 3.35. The number of H-pyrrole nitrogens is 1. The van der Waals surface area contributed by atoms with E-state index in [4.69, 9.17) is 4.74 Å². The van der Waals surface area contributed by atoms with Crippen LogP contribution in [0.4, 0.5) is 26.4 Å². The summed E-state index contributed by atoms with van der Waals surface area (Å²) in [5.74, 6) is 0.118. The van der Waals surface area contributed by atoms with Gasteiger partial charge in [0.1, 0.15) is 12.3 Å². The van der Waals surface area contributed by atoms with Crippen molar-refractivity contribution in [1.29, 1.82) is 0 Å². The van der Waals surface area contributed by atoms with E-state index >= 15 is 4.39 Å². The number of likely N-dealkylation sites (N-methyl/N-ethyl adjacent to an activating group) is 1. The number of nitrogens with zero attached hydrogens (tertiary/aromatic N) is 6. The summed E-state index contributed by atoms with van der Waals surface area (Å²) in [6.45, 7) is 9.46. The Morgan fingerprint density at radius 3 is 2.64 bits per heavy atom. The number of piperidine rings is 1. The Balaban J connectivity index is 1.20. The summed E-state index contributed by atoms with van der Waals surface area (Å²) in [5, 5.41) is 3.07. The molecule has 11 heteroatoms. The van der Waals surface area contributed by atoms with Crippen LogP contribution >= 0.6 is 0 Å². The van der Waals surface area contributed by atoms with Gasteiger partial charge in [0.05, 0.1) is 29.5 Å². The van der Waals surface area contributed by atoms with E-state index in [1.165, 1.54) is 11.6 Å². The highest BCUT2D eigenvalue weighted by molar-refractivity contribution is 5.79. The van der Waals surface area contributed by atoms with Crippen LogP contribution in [-0.4, -0.2) is 89.2 Å². The van der Waals surface area contributed by atoms with Crippen LogP contribution < -0.4 is 15.0 Å². The molecule has 2 aliphatic rings. The van der Waals surface area contributed by atoms with E-state index in [1.807, 2.05) is 24.8 Å². The molecular weight excluding hydrogens is 538 g/mol. The number of halogens is 2. The molecule has 0 aliphatic carbocycles. The summed E-state index contributed by atoms with van der Waals surface area (Å²) >= 11 is 0. The van der Waals surface area contributed by atoms with E-state index in [1.54, 1.807) is 6.07 Å². The molecule has 0 atom stereocenters. The summed E-state index contributed by atoms with van der Waals surface area (Å²) in [7, 11) is 4.23. The maximum Gasteiger partial charge on any atom is 0.230 e. The van der Waals surface area contributed by atoms with Gasteiger partial charge in [-0.2, -0.15) is 0 Å². The third kappa shape index (κ3) is 5.89. The first-order chi connectivity index (χ1) is 20.2. The number of imidazole rings is 1. The number of nitrogens with one attached hydrogen (secondary N) is 2. The van der Waals surface area contributed by atoms with Crippen molar-refractivity contribution in [2.24, 2.45) is 0 Å².